The molecule has 5 rings (SSSR count). The number of carbonyl (C=O) groups is 2. The van der Waals surface area contributed by atoms with Gasteiger partial charge in [0.2, 0.25) is 11.8 Å². The first kappa shape index (κ1) is 28.3. The number of piperazine rings is 2. The Morgan fingerprint density at radius 3 is 2.34 bits per heavy atom. The summed E-state index contributed by atoms with van der Waals surface area (Å²) in [5.74, 6) is -0.419. The Morgan fingerprint density at radius 2 is 1.71 bits per heavy atom. The minimum absolute atomic E-state index is 0.0670. The number of nitro benzene ring substituents is 1. The number of oxime groups is 1. The molecule has 0 bridgehead atoms. The lowest BCUT2D eigenvalue weighted by Gasteiger charge is -2.39. The lowest BCUT2D eigenvalue weighted by Crippen LogP contribution is -2.54. The van der Waals surface area contributed by atoms with Gasteiger partial charge in [-0.3, -0.25) is 24.6 Å². The van der Waals surface area contributed by atoms with Gasteiger partial charge in [0.05, 0.1) is 29.4 Å². The van der Waals surface area contributed by atoms with Gasteiger partial charge in [0.15, 0.2) is 0 Å². The highest BCUT2D eigenvalue weighted by Crippen LogP contribution is 2.25. The maximum Gasteiger partial charge on any atom is 0.269 e. The molecule has 12 nitrogen and oxygen atoms in total. The smallest absolute Gasteiger partial charge is 0.269 e. The SMILES string of the molecule is CC(=O)NCC1CC(c2ccc(N3CCN(C(=O)CN4CCN(c5ccc([N+](=O)[O-])cc5)CC4)CC3)c(F)c2)=NO1. The summed E-state index contributed by atoms with van der Waals surface area (Å²) in [7, 11) is 0. The number of non-ortho nitro benzene ring substituents is 1. The van der Waals surface area contributed by atoms with E-state index in [0.717, 1.165) is 31.9 Å². The summed E-state index contributed by atoms with van der Waals surface area (Å²) >= 11 is 0. The van der Waals surface area contributed by atoms with Crippen molar-refractivity contribution < 1.29 is 23.7 Å². The van der Waals surface area contributed by atoms with Gasteiger partial charge in [-0.25, -0.2) is 4.39 Å². The highest BCUT2D eigenvalue weighted by atomic mass is 19.1. The topological polar surface area (TPSA) is 124 Å². The highest BCUT2D eigenvalue weighted by Gasteiger charge is 2.27. The Kier molecular flexibility index (Phi) is 8.62. The van der Waals surface area contributed by atoms with Crippen LogP contribution in [-0.4, -0.2) is 104 Å². The van der Waals surface area contributed by atoms with Gasteiger partial charge in [0.25, 0.3) is 5.69 Å². The highest BCUT2D eigenvalue weighted by molar-refractivity contribution is 6.01. The third kappa shape index (κ3) is 6.91. The number of hydrogen-bond acceptors (Lipinski definition) is 9. The summed E-state index contributed by atoms with van der Waals surface area (Å²) in [5.41, 5.74) is 2.81. The van der Waals surface area contributed by atoms with Crippen molar-refractivity contribution in [1.29, 1.82) is 0 Å². The Bertz CT molecular complexity index is 1310. The minimum atomic E-state index is -0.407. The van der Waals surface area contributed by atoms with Gasteiger partial charge in [0, 0.05) is 89.1 Å². The van der Waals surface area contributed by atoms with Crippen molar-refractivity contribution in [3.8, 4) is 0 Å². The number of nitrogens with zero attached hydrogens (tertiary/aromatic N) is 6. The molecule has 1 unspecified atom stereocenters. The van der Waals surface area contributed by atoms with E-state index in [1.54, 1.807) is 18.2 Å². The second-order valence-electron chi connectivity index (χ2n) is 10.5. The van der Waals surface area contributed by atoms with Crippen molar-refractivity contribution in [2.24, 2.45) is 5.16 Å². The van der Waals surface area contributed by atoms with Crippen molar-refractivity contribution in [3.05, 3.63) is 64.0 Å². The van der Waals surface area contributed by atoms with Gasteiger partial charge in [-0.15, -0.1) is 0 Å². The minimum Gasteiger partial charge on any atom is -0.390 e. The number of halogens is 1. The molecule has 13 heteroatoms. The zero-order valence-electron chi connectivity index (χ0n) is 23.0. The molecule has 3 heterocycles. The molecule has 1 atom stereocenters. The third-order valence-electron chi connectivity index (χ3n) is 7.72. The molecule has 2 aromatic carbocycles. The summed E-state index contributed by atoms with van der Waals surface area (Å²) < 4.78 is 15.1. The van der Waals surface area contributed by atoms with Crippen LogP contribution in [0, 0.1) is 15.9 Å². The number of nitro groups is 1. The number of anilines is 2. The summed E-state index contributed by atoms with van der Waals surface area (Å²) in [6.45, 7) is 7.18. The summed E-state index contributed by atoms with van der Waals surface area (Å²) in [4.78, 5) is 48.0. The molecule has 41 heavy (non-hydrogen) atoms. The normalized spacial score (nSPS) is 19.5. The third-order valence-corrected chi connectivity index (χ3v) is 7.72. The van der Waals surface area contributed by atoms with Crippen molar-refractivity contribution in [2.45, 2.75) is 19.4 Å². The maximum absolute atomic E-state index is 15.1. The van der Waals surface area contributed by atoms with Crippen LogP contribution in [0.3, 0.4) is 0 Å². The fourth-order valence-corrected chi connectivity index (χ4v) is 5.35. The van der Waals surface area contributed by atoms with Gasteiger partial charge in [-0.1, -0.05) is 11.2 Å². The Hall–Kier alpha value is -4.26. The summed E-state index contributed by atoms with van der Waals surface area (Å²) in [6.07, 6.45) is 0.229. The van der Waals surface area contributed by atoms with Crippen LogP contribution in [-0.2, 0) is 14.4 Å². The fraction of sp³-hybridized carbons (Fsp3) is 0.464. The Balaban J connectivity index is 1.06. The molecular formula is C28H34FN7O5. The monoisotopic (exact) mass is 567 g/mol. The molecule has 0 aromatic heterocycles. The van der Waals surface area contributed by atoms with E-state index < -0.39 is 4.92 Å². The van der Waals surface area contributed by atoms with Crippen LogP contribution in [0.25, 0.3) is 0 Å². The molecular weight excluding hydrogens is 533 g/mol. The average molecular weight is 568 g/mol. The van der Waals surface area contributed by atoms with E-state index in [9.17, 15) is 19.7 Å². The van der Waals surface area contributed by atoms with Crippen LogP contribution in [0.2, 0.25) is 0 Å². The first-order valence-corrected chi connectivity index (χ1v) is 13.8. The van der Waals surface area contributed by atoms with Gasteiger partial charge < -0.3 is 24.9 Å². The Morgan fingerprint density at radius 1 is 1.02 bits per heavy atom. The van der Waals surface area contributed by atoms with Gasteiger partial charge >= 0.3 is 0 Å². The quantitative estimate of drug-likeness (QED) is 0.379. The van der Waals surface area contributed by atoms with Crippen molar-refractivity contribution >= 4 is 34.6 Å². The predicted molar refractivity (Wildman–Crippen MR) is 152 cm³/mol. The number of nitrogens with one attached hydrogen (secondary N) is 1. The van der Waals surface area contributed by atoms with Crippen LogP contribution >= 0.6 is 0 Å². The molecule has 218 valence electrons. The van der Waals surface area contributed by atoms with Gasteiger partial charge in [0.1, 0.15) is 11.9 Å². The molecule has 2 amide bonds. The van der Waals surface area contributed by atoms with E-state index in [2.05, 4.69) is 20.3 Å². The van der Waals surface area contributed by atoms with E-state index in [-0.39, 0.29) is 29.4 Å². The van der Waals surface area contributed by atoms with Crippen molar-refractivity contribution in [2.75, 3.05) is 75.2 Å². The van der Waals surface area contributed by atoms with Crippen LogP contribution < -0.4 is 15.1 Å². The van der Waals surface area contributed by atoms with Gasteiger partial charge in [-0.2, -0.15) is 0 Å². The molecule has 3 aliphatic heterocycles. The number of amides is 2. The Labute approximate surface area is 237 Å². The lowest BCUT2D eigenvalue weighted by atomic mass is 10.0. The molecule has 2 saturated heterocycles. The largest absolute Gasteiger partial charge is 0.390 e. The second kappa shape index (κ2) is 12.5. The van der Waals surface area contributed by atoms with Crippen LogP contribution in [0.4, 0.5) is 21.5 Å². The van der Waals surface area contributed by atoms with E-state index in [4.69, 9.17) is 4.84 Å². The number of carbonyl (C=O) groups excluding carboxylic acids is 2. The zero-order valence-corrected chi connectivity index (χ0v) is 23.0. The van der Waals surface area contributed by atoms with E-state index in [0.29, 0.717) is 62.7 Å². The molecule has 0 aliphatic carbocycles. The second-order valence-corrected chi connectivity index (χ2v) is 10.5. The maximum atomic E-state index is 15.1. The molecule has 1 N–H and O–H groups in total. The lowest BCUT2D eigenvalue weighted by molar-refractivity contribution is -0.384. The molecule has 3 aliphatic rings. The molecule has 2 fully saturated rings. The van der Waals surface area contributed by atoms with E-state index >= 15 is 4.39 Å². The molecule has 0 radical (unpaired) electrons. The number of benzene rings is 2. The van der Waals surface area contributed by atoms with Crippen LogP contribution in [0.15, 0.2) is 47.6 Å². The van der Waals surface area contributed by atoms with E-state index in [1.165, 1.54) is 25.1 Å². The molecule has 0 spiro atoms. The predicted octanol–water partition coefficient (Wildman–Crippen LogP) is 1.83. The summed E-state index contributed by atoms with van der Waals surface area (Å²) in [5, 5.41) is 17.6. The van der Waals surface area contributed by atoms with Crippen LogP contribution in [0.1, 0.15) is 18.9 Å². The summed E-state index contributed by atoms with van der Waals surface area (Å²) in [6, 6.07) is 11.6. The van der Waals surface area contributed by atoms with Gasteiger partial charge in [-0.05, 0) is 24.3 Å². The number of rotatable bonds is 8. The number of hydrogen-bond donors (Lipinski definition) is 1. The molecule has 2 aromatic rings. The average Bonchev–Trinajstić information content (AvgIpc) is 3.46. The van der Waals surface area contributed by atoms with E-state index in [1.807, 2.05) is 15.9 Å². The van der Waals surface area contributed by atoms with Crippen LogP contribution in [0.5, 0.6) is 0 Å². The first-order valence-electron chi connectivity index (χ1n) is 13.8. The van der Waals surface area contributed by atoms with Crippen molar-refractivity contribution in [3.63, 3.8) is 0 Å². The zero-order chi connectivity index (χ0) is 28.9. The first-order chi connectivity index (χ1) is 19.8. The van der Waals surface area contributed by atoms with Crippen molar-refractivity contribution in [1.82, 2.24) is 15.1 Å². The molecule has 0 saturated carbocycles. The standard InChI is InChI=1S/C28H34FN7O5/c1-20(37)30-18-24-17-26(31-41-24)21-2-7-27(25(29)16-21)34-12-14-35(15-13-34)28(38)19-32-8-10-33(11-9-32)22-3-5-23(6-4-22)36(39)40/h2-7,16,24H,8-15,17-19H2,1H3,(H,30,37). The fourth-order valence-electron chi connectivity index (χ4n) is 5.35.